The first-order chi connectivity index (χ1) is 8.86. The Labute approximate surface area is 116 Å². The van der Waals surface area contributed by atoms with Crippen molar-refractivity contribution >= 4 is 11.8 Å². The first-order valence-corrected chi connectivity index (χ1v) is 7.44. The molecule has 1 rings (SSSR count). The van der Waals surface area contributed by atoms with Crippen LogP contribution < -0.4 is 5.32 Å². The van der Waals surface area contributed by atoms with Gasteiger partial charge < -0.3 is 10.2 Å². The minimum absolute atomic E-state index is 0.00390. The molecule has 1 aliphatic carbocycles. The number of amides is 2. The Balaban J connectivity index is 2.35. The third-order valence-electron chi connectivity index (χ3n) is 3.73. The number of rotatable bonds is 5. The molecule has 1 aliphatic rings. The molecule has 1 N–H and O–H groups in total. The van der Waals surface area contributed by atoms with E-state index in [1.54, 1.807) is 0 Å². The van der Waals surface area contributed by atoms with E-state index in [4.69, 9.17) is 0 Å². The number of carbonyl (C=O) groups excluding carboxylic acids is 2. The van der Waals surface area contributed by atoms with Gasteiger partial charge in [0.15, 0.2) is 0 Å². The van der Waals surface area contributed by atoms with Crippen LogP contribution in [0, 0.1) is 5.41 Å². The highest BCUT2D eigenvalue weighted by Gasteiger charge is 2.25. The van der Waals surface area contributed by atoms with Crippen molar-refractivity contribution in [3.63, 3.8) is 0 Å². The van der Waals surface area contributed by atoms with Crippen LogP contribution in [-0.2, 0) is 9.59 Å². The van der Waals surface area contributed by atoms with E-state index in [0.717, 1.165) is 19.4 Å². The molecule has 0 saturated heterocycles. The first kappa shape index (κ1) is 16.0. The molecule has 19 heavy (non-hydrogen) atoms. The smallest absolute Gasteiger partial charge is 0.225 e. The lowest BCUT2D eigenvalue weighted by molar-refractivity contribution is -0.133. The van der Waals surface area contributed by atoms with Crippen LogP contribution in [0.3, 0.4) is 0 Å². The summed E-state index contributed by atoms with van der Waals surface area (Å²) in [5, 5.41) is 2.84. The van der Waals surface area contributed by atoms with E-state index in [1.165, 1.54) is 12.8 Å². The maximum absolute atomic E-state index is 12.2. The fourth-order valence-corrected chi connectivity index (χ4v) is 2.55. The summed E-state index contributed by atoms with van der Waals surface area (Å²) >= 11 is 0. The Kier molecular flexibility index (Phi) is 5.83. The summed E-state index contributed by atoms with van der Waals surface area (Å²) in [4.78, 5) is 25.9. The Morgan fingerprint density at radius 3 is 2.26 bits per heavy atom. The molecule has 1 saturated carbocycles. The molecule has 1 fully saturated rings. The van der Waals surface area contributed by atoms with Crippen molar-refractivity contribution in [3.05, 3.63) is 0 Å². The second kappa shape index (κ2) is 6.92. The maximum atomic E-state index is 12.2. The van der Waals surface area contributed by atoms with Crippen LogP contribution in [0.15, 0.2) is 0 Å². The van der Waals surface area contributed by atoms with E-state index in [0.29, 0.717) is 19.0 Å². The van der Waals surface area contributed by atoms with Gasteiger partial charge in [-0.25, -0.2) is 0 Å². The normalized spacial score (nSPS) is 16.4. The maximum Gasteiger partial charge on any atom is 0.225 e. The van der Waals surface area contributed by atoms with Crippen LogP contribution in [0.25, 0.3) is 0 Å². The summed E-state index contributed by atoms with van der Waals surface area (Å²) in [5.41, 5.74) is -0.390. The lowest BCUT2D eigenvalue weighted by Crippen LogP contribution is -2.41. The molecule has 0 aromatic heterocycles. The molecule has 0 spiro atoms. The second-order valence-corrected chi connectivity index (χ2v) is 6.37. The van der Waals surface area contributed by atoms with Crippen molar-refractivity contribution in [3.8, 4) is 0 Å². The van der Waals surface area contributed by atoms with E-state index in [2.05, 4.69) is 5.32 Å². The quantitative estimate of drug-likeness (QED) is 0.832. The SMILES string of the molecule is CCN(C(=O)CCNC(=O)C(C)(C)C)C1CCCC1. The van der Waals surface area contributed by atoms with Crippen molar-refractivity contribution in [1.82, 2.24) is 10.2 Å². The molecule has 0 aromatic carbocycles. The molecule has 0 aliphatic heterocycles. The molecular formula is C15H28N2O2. The molecule has 0 aromatic rings. The topological polar surface area (TPSA) is 49.4 Å². The minimum atomic E-state index is -0.390. The molecule has 4 nitrogen and oxygen atoms in total. The van der Waals surface area contributed by atoms with Gasteiger partial charge in [0.05, 0.1) is 0 Å². The van der Waals surface area contributed by atoms with Gasteiger partial charge in [-0.3, -0.25) is 9.59 Å². The van der Waals surface area contributed by atoms with Crippen molar-refractivity contribution in [2.45, 2.75) is 65.8 Å². The Bertz CT molecular complexity index is 315. The van der Waals surface area contributed by atoms with Crippen molar-refractivity contribution in [2.24, 2.45) is 5.41 Å². The highest BCUT2D eigenvalue weighted by atomic mass is 16.2. The summed E-state index contributed by atoms with van der Waals surface area (Å²) in [5.74, 6) is 0.174. The molecule has 0 bridgehead atoms. The summed E-state index contributed by atoms with van der Waals surface area (Å²) in [6.45, 7) is 8.88. The van der Waals surface area contributed by atoms with Crippen LogP contribution in [0.4, 0.5) is 0 Å². The van der Waals surface area contributed by atoms with Crippen LogP contribution in [0.5, 0.6) is 0 Å². The molecule has 0 radical (unpaired) electrons. The number of nitrogens with one attached hydrogen (secondary N) is 1. The largest absolute Gasteiger partial charge is 0.355 e. The number of nitrogens with zero attached hydrogens (tertiary/aromatic N) is 1. The van der Waals surface area contributed by atoms with E-state index in [1.807, 2.05) is 32.6 Å². The van der Waals surface area contributed by atoms with Crippen molar-refractivity contribution in [1.29, 1.82) is 0 Å². The van der Waals surface area contributed by atoms with E-state index >= 15 is 0 Å². The molecule has 2 amide bonds. The van der Waals surface area contributed by atoms with Gasteiger partial charge in [-0.1, -0.05) is 33.6 Å². The molecule has 0 heterocycles. The summed E-state index contributed by atoms with van der Waals surface area (Å²) in [6, 6.07) is 0.427. The van der Waals surface area contributed by atoms with Gasteiger partial charge in [0.25, 0.3) is 0 Å². The lowest BCUT2D eigenvalue weighted by atomic mass is 9.96. The van der Waals surface area contributed by atoms with E-state index < -0.39 is 0 Å². The summed E-state index contributed by atoms with van der Waals surface area (Å²) in [7, 11) is 0. The average Bonchev–Trinajstić information content (AvgIpc) is 2.82. The number of hydrogen-bond donors (Lipinski definition) is 1. The fourth-order valence-electron chi connectivity index (χ4n) is 2.55. The van der Waals surface area contributed by atoms with Gasteiger partial charge in [-0.2, -0.15) is 0 Å². The standard InChI is InChI=1S/C15H28N2O2/c1-5-17(12-8-6-7-9-12)13(18)10-11-16-14(19)15(2,3)4/h12H,5-11H2,1-4H3,(H,16,19). The third-order valence-corrected chi connectivity index (χ3v) is 3.73. The first-order valence-electron chi connectivity index (χ1n) is 7.44. The van der Waals surface area contributed by atoms with E-state index in [-0.39, 0.29) is 17.2 Å². The van der Waals surface area contributed by atoms with Crippen LogP contribution >= 0.6 is 0 Å². The second-order valence-electron chi connectivity index (χ2n) is 6.37. The van der Waals surface area contributed by atoms with Gasteiger partial charge in [-0.15, -0.1) is 0 Å². The lowest BCUT2D eigenvalue weighted by Gasteiger charge is -2.28. The predicted molar refractivity (Wildman–Crippen MR) is 76.7 cm³/mol. The highest BCUT2D eigenvalue weighted by molar-refractivity contribution is 5.82. The summed E-state index contributed by atoms with van der Waals surface area (Å²) < 4.78 is 0. The van der Waals surface area contributed by atoms with E-state index in [9.17, 15) is 9.59 Å². The molecule has 0 atom stereocenters. The molecule has 110 valence electrons. The van der Waals surface area contributed by atoms with Crippen LogP contribution in [0.1, 0.15) is 59.8 Å². The Morgan fingerprint density at radius 2 is 1.79 bits per heavy atom. The van der Waals surface area contributed by atoms with Crippen molar-refractivity contribution in [2.75, 3.05) is 13.1 Å². The zero-order valence-electron chi connectivity index (χ0n) is 12.8. The fraction of sp³-hybridized carbons (Fsp3) is 0.867. The Morgan fingerprint density at radius 1 is 1.21 bits per heavy atom. The zero-order chi connectivity index (χ0) is 14.5. The number of hydrogen-bond acceptors (Lipinski definition) is 2. The Hall–Kier alpha value is -1.06. The van der Waals surface area contributed by atoms with Crippen molar-refractivity contribution < 1.29 is 9.59 Å². The van der Waals surface area contributed by atoms with Gasteiger partial charge in [-0.05, 0) is 19.8 Å². The van der Waals surface area contributed by atoms with Gasteiger partial charge in [0, 0.05) is 31.0 Å². The molecule has 4 heteroatoms. The van der Waals surface area contributed by atoms with Crippen LogP contribution in [-0.4, -0.2) is 35.8 Å². The molecular weight excluding hydrogens is 240 g/mol. The average molecular weight is 268 g/mol. The monoisotopic (exact) mass is 268 g/mol. The minimum Gasteiger partial charge on any atom is -0.355 e. The van der Waals surface area contributed by atoms with Gasteiger partial charge >= 0.3 is 0 Å². The summed E-state index contributed by atoms with van der Waals surface area (Å²) in [6.07, 6.45) is 5.14. The predicted octanol–water partition coefficient (Wildman–Crippen LogP) is 2.33. The molecule has 0 unspecified atom stereocenters. The zero-order valence-corrected chi connectivity index (χ0v) is 12.8. The third kappa shape index (κ3) is 4.84. The van der Waals surface area contributed by atoms with Crippen LogP contribution in [0.2, 0.25) is 0 Å². The number of carbonyl (C=O) groups is 2. The van der Waals surface area contributed by atoms with Gasteiger partial charge in [0.2, 0.25) is 11.8 Å². The highest BCUT2D eigenvalue weighted by Crippen LogP contribution is 2.23. The van der Waals surface area contributed by atoms with Gasteiger partial charge in [0.1, 0.15) is 0 Å².